The SMILES string of the molecule is Cc1csc(C(=O)N2CCCC2CBr)c1Cl. The Kier molecular flexibility index (Phi) is 3.93. The Morgan fingerprint density at radius 3 is 3.06 bits per heavy atom. The molecule has 16 heavy (non-hydrogen) atoms. The second-order valence-corrected chi connectivity index (χ2v) is 5.92. The van der Waals surface area contributed by atoms with Gasteiger partial charge in [-0.1, -0.05) is 27.5 Å². The number of aryl methyl sites for hydroxylation is 1. The van der Waals surface area contributed by atoms with Crippen LogP contribution in [0.15, 0.2) is 5.38 Å². The molecule has 1 saturated heterocycles. The van der Waals surface area contributed by atoms with Gasteiger partial charge in [0.2, 0.25) is 0 Å². The summed E-state index contributed by atoms with van der Waals surface area (Å²) in [7, 11) is 0. The second-order valence-electron chi connectivity index (χ2n) is 4.01. The van der Waals surface area contributed by atoms with E-state index in [1.165, 1.54) is 11.3 Å². The van der Waals surface area contributed by atoms with E-state index in [0.717, 1.165) is 30.3 Å². The van der Waals surface area contributed by atoms with E-state index in [-0.39, 0.29) is 5.91 Å². The highest BCUT2D eigenvalue weighted by atomic mass is 79.9. The number of thiophene rings is 1. The number of likely N-dealkylation sites (tertiary alicyclic amines) is 1. The molecule has 2 heterocycles. The summed E-state index contributed by atoms with van der Waals surface area (Å²) >= 11 is 11.0. The second kappa shape index (κ2) is 5.07. The number of hydrogen-bond donors (Lipinski definition) is 0. The Bertz CT molecular complexity index is 407. The van der Waals surface area contributed by atoms with Crippen molar-refractivity contribution in [3.63, 3.8) is 0 Å². The van der Waals surface area contributed by atoms with Crippen molar-refractivity contribution < 1.29 is 4.79 Å². The molecule has 1 aromatic rings. The van der Waals surface area contributed by atoms with E-state index in [9.17, 15) is 4.79 Å². The molecule has 0 aliphatic carbocycles. The smallest absolute Gasteiger partial charge is 0.265 e. The molecule has 88 valence electrons. The monoisotopic (exact) mass is 321 g/mol. The fourth-order valence-electron chi connectivity index (χ4n) is 1.97. The molecule has 2 nitrogen and oxygen atoms in total. The maximum atomic E-state index is 12.3. The maximum Gasteiger partial charge on any atom is 0.265 e. The fraction of sp³-hybridized carbons (Fsp3) is 0.545. The molecule has 5 heteroatoms. The number of amides is 1. The zero-order valence-corrected chi connectivity index (χ0v) is 12.2. The Morgan fingerprint density at radius 2 is 2.50 bits per heavy atom. The van der Waals surface area contributed by atoms with Crippen molar-refractivity contribution in [1.29, 1.82) is 0 Å². The molecule has 1 atom stereocenters. The number of carbonyl (C=O) groups is 1. The van der Waals surface area contributed by atoms with E-state index < -0.39 is 0 Å². The predicted molar refractivity (Wildman–Crippen MR) is 71.9 cm³/mol. The van der Waals surface area contributed by atoms with E-state index >= 15 is 0 Å². The van der Waals surface area contributed by atoms with E-state index in [1.807, 2.05) is 17.2 Å². The van der Waals surface area contributed by atoms with E-state index in [4.69, 9.17) is 11.6 Å². The fourth-order valence-corrected chi connectivity index (χ4v) is 3.87. The number of nitrogens with zero attached hydrogens (tertiary/aromatic N) is 1. The zero-order valence-electron chi connectivity index (χ0n) is 9.00. The van der Waals surface area contributed by atoms with Crippen LogP contribution >= 0.6 is 38.9 Å². The van der Waals surface area contributed by atoms with Gasteiger partial charge in [0.05, 0.1) is 5.02 Å². The van der Waals surface area contributed by atoms with Crippen LogP contribution in [-0.4, -0.2) is 28.7 Å². The number of hydrogen-bond acceptors (Lipinski definition) is 2. The highest BCUT2D eigenvalue weighted by Crippen LogP contribution is 2.31. The van der Waals surface area contributed by atoms with Gasteiger partial charge in [0, 0.05) is 17.9 Å². The third-order valence-corrected chi connectivity index (χ3v) is 5.34. The van der Waals surface area contributed by atoms with Gasteiger partial charge in [0.15, 0.2) is 0 Å². The molecule has 0 radical (unpaired) electrons. The summed E-state index contributed by atoms with van der Waals surface area (Å²) in [4.78, 5) is 14.9. The molecule has 1 unspecified atom stereocenters. The van der Waals surface area contributed by atoms with Gasteiger partial charge < -0.3 is 4.90 Å². The van der Waals surface area contributed by atoms with Crippen molar-refractivity contribution in [2.45, 2.75) is 25.8 Å². The number of rotatable bonds is 2. The topological polar surface area (TPSA) is 20.3 Å². The first-order chi connectivity index (χ1) is 7.65. The highest BCUT2D eigenvalue weighted by molar-refractivity contribution is 9.09. The van der Waals surface area contributed by atoms with E-state index in [2.05, 4.69) is 15.9 Å². The first kappa shape index (κ1) is 12.4. The lowest BCUT2D eigenvalue weighted by atomic mass is 10.2. The third kappa shape index (κ3) is 2.15. The van der Waals surface area contributed by atoms with Crippen LogP contribution in [-0.2, 0) is 0 Å². The van der Waals surface area contributed by atoms with Crippen LogP contribution in [0.3, 0.4) is 0 Å². The van der Waals surface area contributed by atoms with Crippen LogP contribution < -0.4 is 0 Å². The van der Waals surface area contributed by atoms with Gasteiger partial charge in [-0.2, -0.15) is 0 Å². The summed E-state index contributed by atoms with van der Waals surface area (Å²) in [5.41, 5.74) is 0.990. The largest absolute Gasteiger partial charge is 0.334 e. The number of alkyl halides is 1. The lowest BCUT2D eigenvalue weighted by Gasteiger charge is -2.22. The molecule has 0 aromatic carbocycles. The standard InChI is InChI=1S/C11H13BrClNOS/c1-7-6-16-10(9(7)13)11(15)14-4-2-3-8(14)5-12/h6,8H,2-5H2,1H3. The maximum absolute atomic E-state index is 12.3. The normalized spacial score (nSPS) is 20.4. The summed E-state index contributed by atoms with van der Waals surface area (Å²) in [6, 6.07) is 0.325. The van der Waals surface area contributed by atoms with Crippen molar-refractivity contribution in [3.8, 4) is 0 Å². The Morgan fingerprint density at radius 1 is 1.75 bits per heavy atom. The molecule has 1 fully saturated rings. The molecule has 0 bridgehead atoms. The lowest BCUT2D eigenvalue weighted by Crippen LogP contribution is -2.36. The summed E-state index contributed by atoms with van der Waals surface area (Å²) in [6.45, 7) is 2.78. The molecule has 1 aromatic heterocycles. The molecular weight excluding hydrogens is 310 g/mol. The highest BCUT2D eigenvalue weighted by Gasteiger charge is 2.30. The van der Waals surface area contributed by atoms with Crippen molar-refractivity contribution in [3.05, 3.63) is 20.8 Å². The molecule has 0 spiro atoms. The number of halogens is 2. The molecule has 1 aliphatic heterocycles. The first-order valence-corrected chi connectivity index (χ1v) is 7.63. The van der Waals surface area contributed by atoms with E-state index in [0.29, 0.717) is 15.9 Å². The van der Waals surface area contributed by atoms with Crippen LogP contribution in [0, 0.1) is 6.92 Å². The van der Waals surface area contributed by atoms with Crippen LogP contribution in [0.25, 0.3) is 0 Å². The van der Waals surface area contributed by atoms with Crippen LogP contribution in [0.2, 0.25) is 5.02 Å². The molecule has 1 amide bonds. The van der Waals surface area contributed by atoms with Gasteiger partial charge >= 0.3 is 0 Å². The minimum absolute atomic E-state index is 0.0880. The summed E-state index contributed by atoms with van der Waals surface area (Å²) in [6.07, 6.45) is 2.17. The van der Waals surface area contributed by atoms with Crippen LogP contribution in [0.5, 0.6) is 0 Å². The average molecular weight is 323 g/mol. The summed E-state index contributed by atoms with van der Waals surface area (Å²) in [5, 5.41) is 3.41. The van der Waals surface area contributed by atoms with E-state index in [1.54, 1.807) is 0 Å². The molecule has 2 rings (SSSR count). The van der Waals surface area contributed by atoms with Gasteiger partial charge in [-0.15, -0.1) is 11.3 Å². The van der Waals surface area contributed by atoms with Gasteiger partial charge in [0.1, 0.15) is 4.88 Å². The Labute approximate surface area is 113 Å². The molecule has 0 N–H and O–H groups in total. The van der Waals surface area contributed by atoms with Crippen molar-refractivity contribution in [1.82, 2.24) is 4.90 Å². The minimum atomic E-state index is 0.0880. The molecule has 1 aliphatic rings. The predicted octanol–water partition coefficient (Wildman–Crippen LogP) is 3.71. The van der Waals surface area contributed by atoms with Gasteiger partial charge in [0.25, 0.3) is 5.91 Å². The van der Waals surface area contributed by atoms with Crippen molar-refractivity contribution >= 4 is 44.8 Å². The van der Waals surface area contributed by atoms with Crippen LogP contribution in [0.4, 0.5) is 0 Å². The zero-order chi connectivity index (χ0) is 11.7. The summed E-state index contributed by atoms with van der Waals surface area (Å²) in [5.74, 6) is 0.0880. The molecule has 0 saturated carbocycles. The van der Waals surface area contributed by atoms with Gasteiger partial charge in [-0.3, -0.25) is 4.79 Å². The van der Waals surface area contributed by atoms with Crippen molar-refractivity contribution in [2.75, 3.05) is 11.9 Å². The van der Waals surface area contributed by atoms with Gasteiger partial charge in [-0.25, -0.2) is 0 Å². The average Bonchev–Trinajstić information content (AvgIpc) is 2.86. The first-order valence-electron chi connectivity index (χ1n) is 5.25. The van der Waals surface area contributed by atoms with Gasteiger partial charge in [-0.05, 0) is 30.7 Å². The third-order valence-electron chi connectivity index (χ3n) is 2.91. The molecular formula is C11H13BrClNOS. The Hall–Kier alpha value is -0.0600. The summed E-state index contributed by atoms with van der Waals surface area (Å²) < 4.78 is 0. The van der Waals surface area contributed by atoms with Crippen molar-refractivity contribution in [2.24, 2.45) is 0 Å². The lowest BCUT2D eigenvalue weighted by molar-refractivity contribution is 0.0755. The Balaban J connectivity index is 2.22. The number of carbonyl (C=O) groups excluding carboxylic acids is 1. The minimum Gasteiger partial charge on any atom is -0.334 e. The quantitative estimate of drug-likeness (QED) is 0.760. The van der Waals surface area contributed by atoms with Crippen LogP contribution in [0.1, 0.15) is 28.1 Å².